The molecule has 3 rings (SSSR count). The van der Waals surface area contributed by atoms with E-state index in [9.17, 15) is 8.78 Å². The van der Waals surface area contributed by atoms with Crippen LogP contribution >= 0.6 is 0 Å². The van der Waals surface area contributed by atoms with Gasteiger partial charge in [0.1, 0.15) is 11.6 Å². The van der Waals surface area contributed by atoms with Crippen LogP contribution in [0.4, 0.5) is 8.78 Å². The maximum absolute atomic E-state index is 14.3. The standard InChI is InChI=1S/C18H19F2N/c1-11-7-12(2)18(17(20)8-11)15-6-3-13(9-16(15)19)10-21-14-4-5-14/h3,6-9,14,21H,4-5,10H2,1-2H3. The Labute approximate surface area is 124 Å². The van der Waals surface area contributed by atoms with Crippen LogP contribution in [0.3, 0.4) is 0 Å². The van der Waals surface area contributed by atoms with E-state index >= 15 is 0 Å². The molecule has 0 aliphatic heterocycles. The van der Waals surface area contributed by atoms with Gasteiger partial charge in [-0.05, 0) is 55.5 Å². The van der Waals surface area contributed by atoms with Gasteiger partial charge in [-0.25, -0.2) is 8.78 Å². The Kier molecular flexibility index (Phi) is 3.77. The van der Waals surface area contributed by atoms with Crippen LogP contribution in [0, 0.1) is 25.5 Å². The summed E-state index contributed by atoms with van der Waals surface area (Å²) in [5, 5.41) is 3.35. The lowest BCUT2D eigenvalue weighted by molar-refractivity contribution is 0.611. The van der Waals surface area contributed by atoms with E-state index in [4.69, 9.17) is 0 Å². The summed E-state index contributed by atoms with van der Waals surface area (Å²) in [6, 6.07) is 8.96. The zero-order valence-corrected chi connectivity index (χ0v) is 12.3. The summed E-state index contributed by atoms with van der Waals surface area (Å²) < 4.78 is 28.5. The first-order valence-corrected chi connectivity index (χ1v) is 7.33. The lowest BCUT2D eigenvalue weighted by Crippen LogP contribution is -2.15. The molecular formula is C18H19F2N. The number of nitrogens with one attached hydrogen (secondary N) is 1. The molecule has 0 saturated heterocycles. The van der Waals surface area contributed by atoms with Crippen LogP contribution in [-0.4, -0.2) is 6.04 Å². The largest absolute Gasteiger partial charge is 0.310 e. The second-order valence-corrected chi connectivity index (χ2v) is 5.91. The monoisotopic (exact) mass is 287 g/mol. The van der Waals surface area contributed by atoms with Crippen LogP contribution in [-0.2, 0) is 6.54 Å². The van der Waals surface area contributed by atoms with Crippen molar-refractivity contribution in [3.63, 3.8) is 0 Å². The third kappa shape index (κ3) is 3.13. The maximum Gasteiger partial charge on any atom is 0.131 e. The quantitative estimate of drug-likeness (QED) is 0.873. The highest BCUT2D eigenvalue weighted by Crippen LogP contribution is 2.30. The van der Waals surface area contributed by atoms with E-state index in [1.807, 2.05) is 26.0 Å². The van der Waals surface area contributed by atoms with E-state index in [1.54, 1.807) is 6.07 Å². The number of halogens is 2. The van der Waals surface area contributed by atoms with Crippen molar-refractivity contribution in [2.75, 3.05) is 0 Å². The molecule has 0 bridgehead atoms. The van der Waals surface area contributed by atoms with Gasteiger partial charge in [0.05, 0.1) is 0 Å². The number of aryl methyl sites for hydroxylation is 2. The minimum absolute atomic E-state index is 0.333. The predicted molar refractivity (Wildman–Crippen MR) is 81.1 cm³/mol. The van der Waals surface area contributed by atoms with Crippen molar-refractivity contribution in [1.29, 1.82) is 0 Å². The SMILES string of the molecule is Cc1cc(C)c(-c2ccc(CNC3CC3)cc2F)c(F)c1. The summed E-state index contributed by atoms with van der Waals surface area (Å²) >= 11 is 0. The van der Waals surface area contributed by atoms with E-state index in [-0.39, 0.29) is 11.6 Å². The highest BCUT2D eigenvalue weighted by atomic mass is 19.1. The van der Waals surface area contributed by atoms with Crippen molar-refractivity contribution in [2.45, 2.75) is 39.3 Å². The van der Waals surface area contributed by atoms with Crippen molar-refractivity contribution in [2.24, 2.45) is 0 Å². The highest BCUT2D eigenvalue weighted by Gasteiger charge is 2.20. The summed E-state index contributed by atoms with van der Waals surface area (Å²) in [4.78, 5) is 0. The van der Waals surface area contributed by atoms with E-state index in [2.05, 4.69) is 5.32 Å². The van der Waals surface area contributed by atoms with Gasteiger partial charge in [-0.2, -0.15) is 0 Å². The molecule has 2 aromatic rings. The first kappa shape index (κ1) is 14.2. The molecule has 0 atom stereocenters. The minimum Gasteiger partial charge on any atom is -0.310 e. The van der Waals surface area contributed by atoms with Crippen molar-refractivity contribution >= 4 is 0 Å². The number of rotatable bonds is 4. The van der Waals surface area contributed by atoms with Gasteiger partial charge >= 0.3 is 0 Å². The Hall–Kier alpha value is -1.74. The lowest BCUT2D eigenvalue weighted by atomic mass is 9.96. The molecule has 1 saturated carbocycles. The fourth-order valence-electron chi connectivity index (χ4n) is 2.68. The number of hydrogen-bond acceptors (Lipinski definition) is 1. The smallest absolute Gasteiger partial charge is 0.131 e. The van der Waals surface area contributed by atoms with Gasteiger partial charge in [0.2, 0.25) is 0 Å². The fourth-order valence-corrected chi connectivity index (χ4v) is 2.68. The lowest BCUT2D eigenvalue weighted by Gasteiger charge is -2.11. The molecule has 0 radical (unpaired) electrons. The average Bonchev–Trinajstić information content (AvgIpc) is 3.21. The van der Waals surface area contributed by atoms with Crippen LogP contribution in [0.5, 0.6) is 0 Å². The molecule has 3 heteroatoms. The van der Waals surface area contributed by atoms with Gasteiger partial charge in [-0.15, -0.1) is 0 Å². The summed E-state index contributed by atoms with van der Waals surface area (Å²) in [7, 11) is 0. The van der Waals surface area contributed by atoms with Gasteiger partial charge in [0.15, 0.2) is 0 Å². The molecule has 0 aromatic heterocycles. The molecule has 1 aliphatic rings. The second-order valence-electron chi connectivity index (χ2n) is 5.91. The zero-order valence-electron chi connectivity index (χ0n) is 12.3. The normalized spacial score (nSPS) is 14.5. The number of benzene rings is 2. The molecule has 0 unspecified atom stereocenters. The Morgan fingerprint density at radius 3 is 2.43 bits per heavy atom. The molecule has 21 heavy (non-hydrogen) atoms. The average molecular weight is 287 g/mol. The van der Waals surface area contributed by atoms with Crippen molar-refractivity contribution in [1.82, 2.24) is 5.32 Å². The summed E-state index contributed by atoms with van der Waals surface area (Å²) in [5.74, 6) is -0.730. The third-order valence-corrected chi connectivity index (χ3v) is 3.91. The molecule has 0 heterocycles. The second kappa shape index (κ2) is 5.57. The molecule has 0 spiro atoms. The van der Waals surface area contributed by atoms with E-state index < -0.39 is 0 Å². The summed E-state index contributed by atoms with van der Waals surface area (Å²) in [6.45, 7) is 4.31. The maximum atomic E-state index is 14.3. The molecular weight excluding hydrogens is 268 g/mol. The minimum atomic E-state index is -0.366. The predicted octanol–water partition coefficient (Wildman–Crippen LogP) is 4.50. The van der Waals surface area contributed by atoms with Crippen LogP contribution in [0.1, 0.15) is 29.5 Å². The van der Waals surface area contributed by atoms with E-state index in [1.165, 1.54) is 25.0 Å². The van der Waals surface area contributed by atoms with Gasteiger partial charge in [0, 0.05) is 23.7 Å². The third-order valence-electron chi connectivity index (χ3n) is 3.91. The summed E-state index contributed by atoms with van der Waals surface area (Å²) in [5.41, 5.74) is 3.20. The Balaban J connectivity index is 1.91. The molecule has 1 fully saturated rings. The van der Waals surface area contributed by atoms with Crippen LogP contribution < -0.4 is 5.32 Å². The van der Waals surface area contributed by atoms with E-state index in [0.29, 0.717) is 23.7 Å². The van der Waals surface area contributed by atoms with Gasteiger partial charge < -0.3 is 5.32 Å². The Morgan fingerprint density at radius 1 is 1.05 bits per heavy atom. The molecule has 1 nitrogen and oxygen atoms in total. The molecule has 1 aliphatic carbocycles. The molecule has 1 N–H and O–H groups in total. The number of hydrogen-bond donors (Lipinski definition) is 1. The summed E-state index contributed by atoms with van der Waals surface area (Å²) in [6.07, 6.45) is 2.41. The molecule has 2 aromatic carbocycles. The Morgan fingerprint density at radius 2 is 1.81 bits per heavy atom. The van der Waals surface area contributed by atoms with Crippen LogP contribution in [0.15, 0.2) is 30.3 Å². The van der Waals surface area contributed by atoms with Gasteiger partial charge in [-0.3, -0.25) is 0 Å². The van der Waals surface area contributed by atoms with Gasteiger partial charge in [-0.1, -0.05) is 18.2 Å². The van der Waals surface area contributed by atoms with Crippen molar-refractivity contribution < 1.29 is 8.78 Å². The van der Waals surface area contributed by atoms with Crippen LogP contribution in [0.2, 0.25) is 0 Å². The van der Waals surface area contributed by atoms with Crippen molar-refractivity contribution in [3.05, 3.63) is 58.7 Å². The topological polar surface area (TPSA) is 12.0 Å². The first-order valence-electron chi connectivity index (χ1n) is 7.33. The first-order chi connectivity index (χ1) is 10.0. The fraction of sp³-hybridized carbons (Fsp3) is 0.333. The zero-order chi connectivity index (χ0) is 15.0. The molecule has 110 valence electrons. The van der Waals surface area contributed by atoms with Crippen LogP contribution in [0.25, 0.3) is 11.1 Å². The Bertz CT molecular complexity index is 652. The van der Waals surface area contributed by atoms with Crippen molar-refractivity contribution in [3.8, 4) is 11.1 Å². The van der Waals surface area contributed by atoms with Gasteiger partial charge in [0.25, 0.3) is 0 Å². The molecule has 0 amide bonds. The highest BCUT2D eigenvalue weighted by molar-refractivity contribution is 5.69. The van der Waals surface area contributed by atoms with E-state index in [0.717, 1.165) is 16.7 Å².